The zero-order valence-corrected chi connectivity index (χ0v) is 17.7. The van der Waals surface area contributed by atoms with Gasteiger partial charge in [-0.25, -0.2) is 4.68 Å². The Morgan fingerprint density at radius 2 is 1.90 bits per heavy atom. The van der Waals surface area contributed by atoms with Crippen LogP contribution in [0.4, 0.5) is 5.69 Å². The molecule has 0 saturated carbocycles. The number of aryl methyl sites for hydroxylation is 1. The Hall–Kier alpha value is -2.36. The maximum Gasteiger partial charge on any atom is 0.113 e. The molecule has 1 aromatic heterocycles. The lowest BCUT2D eigenvalue weighted by atomic mass is 9.74. The minimum Gasteiger partial charge on any atom is -0.368 e. The summed E-state index contributed by atoms with van der Waals surface area (Å²) in [4.78, 5) is 2.78. The summed E-state index contributed by atoms with van der Waals surface area (Å²) in [7, 11) is 0. The van der Waals surface area contributed by atoms with E-state index in [0.29, 0.717) is 12.0 Å². The number of nitrogens with zero attached hydrogens (tertiary/aromatic N) is 4. The van der Waals surface area contributed by atoms with Gasteiger partial charge in [0.2, 0.25) is 0 Å². The van der Waals surface area contributed by atoms with Crippen LogP contribution in [0.5, 0.6) is 0 Å². The van der Waals surface area contributed by atoms with Gasteiger partial charge in [0.05, 0.1) is 11.6 Å². The van der Waals surface area contributed by atoms with E-state index in [-0.39, 0.29) is 6.04 Å². The minimum atomic E-state index is 0.272. The summed E-state index contributed by atoms with van der Waals surface area (Å²) in [5.41, 5.74) is 6.66. The average molecular weight is 389 g/mol. The maximum absolute atomic E-state index is 4.71. The second-order valence-corrected chi connectivity index (χ2v) is 8.78. The first kappa shape index (κ1) is 18.7. The minimum absolute atomic E-state index is 0.272. The topological polar surface area (TPSA) is 34.0 Å². The Morgan fingerprint density at radius 1 is 1.00 bits per heavy atom. The summed E-state index contributed by atoms with van der Waals surface area (Å²) in [6, 6.07) is 16.3. The molecule has 0 bridgehead atoms. The molecule has 2 aliphatic heterocycles. The van der Waals surface area contributed by atoms with Crippen LogP contribution >= 0.6 is 0 Å². The molecule has 3 heterocycles. The largest absolute Gasteiger partial charge is 0.368 e. The van der Waals surface area contributed by atoms with Gasteiger partial charge in [-0.15, -0.1) is 5.10 Å². The van der Waals surface area contributed by atoms with Gasteiger partial charge < -0.3 is 4.90 Å². The van der Waals surface area contributed by atoms with Gasteiger partial charge in [0.15, 0.2) is 0 Å². The fourth-order valence-corrected chi connectivity index (χ4v) is 5.83. The van der Waals surface area contributed by atoms with Gasteiger partial charge in [0.25, 0.3) is 0 Å². The van der Waals surface area contributed by atoms with Crippen molar-refractivity contribution in [3.8, 4) is 0 Å². The van der Waals surface area contributed by atoms with E-state index < -0.39 is 0 Å². The number of benzene rings is 2. The highest BCUT2D eigenvalue weighted by atomic mass is 15.4. The Labute approximate surface area is 173 Å². The third-order valence-corrected chi connectivity index (χ3v) is 7.02. The van der Waals surface area contributed by atoms with Crippen LogP contribution in [0.25, 0.3) is 11.0 Å². The number of unbranched alkanes of at least 4 members (excludes halogenated alkanes) is 1. The van der Waals surface area contributed by atoms with Gasteiger partial charge >= 0.3 is 0 Å². The normalized spacial score (nSPS) is 23.4. The number of hydrogen-bond acceptors (Lipinski definition) is 3. The van der Waals surface area contributed by atoms with E-state index >= 15 is 0 Å². The van der Waals surface area contributed by atoms with Crippen LogP contribution in [0.1, 0.15) is 69.5 Å². The molecule has 0 aliphatic carbocycles. The van der Waals surface area contributed by atoms with Crippen LogP contribution in [0.15, 0.2) is 42.5 Å². The molecule has 4 heteroatoms. The lowest BCUT2D eigenvalue weighted by molar-refractivity contribution is 0.241. The number of hydrogen-bond donors (Lipinski definition) is 0. The van der Waals surface area contributed by atoms with Gasteiger partial charge in [-0.2, -0.15) is 0 Å². The molecule has 3 unspecified atom stereocenters. The summed E-state index contributed by atoms with van der Waals surface area (Å²) in [5.74, 6) is 0.567. The van der Waals surface area contributed by atoms with Crippen LogP contribution in [0, 0.1) is 5.92 Å². The number of para-hydroxylation sites is 2. The van der Waals surface area contributed by atoms with Gasteiger partial charge in [-0.05, 0) is 43.4 Å². The molecule has 0 fully saturated rings. The van der Waals surface area contributed by atoms with Crippen molar-refractivity contribution in [2.75, 3.05) is 11.4 Å². The fraction of sp³-hybridized carbons (Fsp3) is 0.520. The van der Waals surface area contributed by atoms with Crippen molar-refractivity contribution in [1.82, 2.24) is 15.0 Å². The monoisotopic (exact) mass is 388 g/mol. The molecule has 29 heavy (non-hydrogen) atoms. The van der Waals surface area contributed by atoms with Gasteiger partial charge in [-0.3, -0.25) is 0 Å². The maximum atomic E-state index is 4.71. The highest BCUT2D eigenvalue weighted by Crippen LogP contribution is 2.49. The summed E-state index contributed by atoms with van der Waals surface area (Å²) < 4.78 is 2.25. The van der Waals surface area contributed by atoms with Crippen molar-refractivity contribution in [2.24, 2.45) is 5.92 Å². The van der Waals surface area contributed by atoms with Gasteiger partial charge in [0, 0.05) is 29.8 Å². The first-order valence-electron chi connectivity index (χ1n) is 11.5. The molecular weight excluding hydrogens is 356 g/mol. The summed E-state index contributed by atoms with van der Waals surface area (Å²) in [6.07, 6.45) is 8.74. The fourth-order valence-electron chi connectivity index (χ4n) is 5.83. The van der Waals surface area contributed by atoms with Crippen molar-refractivity contribution in [3.63, 3.8) is 0 Å². The highest BCUT2D eigenvalue weighted by molar-refractivity contribution is 5.75. The number of anilines is 1. The van der Waals surface area contributed by atoms with Crippen molar-refractivity contribution in [3.05, 3.63) is 53.6 Å². The molecule has 5 rings (SSSR count). The number of rotatable bonds is 6. The number of aromatic nitrogens is 3. The van der Waals surface area contributed by atoms with E-state index in [1.54, 1.807) is 0 Å². The Morgan fingerprint density at radius 3 is 2.76 bits per heavy atom. The Kier molecular flexibility index (Phi) is 5.03. The van der Waals surface area contributed by atoms with Crippen LogP contribution in [-0.4, -0.2) is 27.6 Å². The second-order valence-electron chi connectivity index (χ2n) is 8.78. The van der Waals surface area contributed by atoms with E-state index in [9.17, 15) is 0 Å². The van der Waals surface area contributed by atoms with E-state index in [2.05, 4.69) is 71.0 Å². The van der Waals surface area contributed by atoms with Crippen molar-refractivity contribution in [1.29, 1.82) is 0 Å². The molecule has 0 radical (unpaired) electrons. The zero-order valence-electron chi connectivity index (χ0n) is 17.7. The van der Waals surface area contributed by atoms with E-state index in [4.69, 9.17) is 5.21 Å². The van der Waals surface area contributed by atoms with Gasteiger partial charge in [0.1, 0.15) is 5.52 Å². The Bertz CT molecular complexity index is 991. The van der Waals surface area contributed by atoms with Crippen molar-refractivity contribution in [2.45, 2.75) is 70.9 Å². The summed E-state index contributed by atoms with van der Waals surface area (Å²) in [6.45, 7) is 5.84. The number of fused-ring (bicyclic) bond motifs is 1. The SMILES string of the molecule is CCCCC1C(CCC)C(n2nnc3ccccc32)c2cccc3c2N1CCC3. The molecule has 3 atom stereocenters. The van der Waals surface area contributed by atoms with Crippen LogP contribution < -0.4 is 4.90 Å². The third-order valence-electron chi connectivity index (χ3n) is 7.02. The molecule has 0 N–H and O–H groups in total. The van der Waals surface area contributed by atoms with Crippen LogP contribution in [0.2, 0.25) is 0 Å². The van der Waals surface area contributed by atoms with E-state index in [1.807, 2.05) is 0 Å². The smallest absolute Gasteiger partial charge is 0.113 e. The Balaban J connectivity index is 1.72. The first-order valence-corrected chi connectivity index (χ1v) is 11.5. The van der Waals surface area contributed by atoms with Crippen molar-refractivity contribution >= 4 is 16.7 Å². The van der Waals surface area contributed by atoms with E-state index in [0.717, 1.165) is 11.0 Å². The molecule has 3 aromatic rings. The first-order chi connectivity index (χ1) is 14.3. The lowest BCUT2D eigenvalue weighted by Gasteiger charge is -2.50. The molecule has 0 amide bonds. The second kappa shape index (κ2) is 7.81. The molecule has 152 valence electrons. The van der Waals surface area contributed by atoms with Crippen LogP contribution in [0.3, 0.4) is 0 Å². The standard InChI is InChI=1S/C25H32N4/c1-3-5-15-22-19(10-4-2)25(29-23-16-7-6-14-21(23)26-27-29)20-13-8-11-18-12-9-17-28(22)24(18)20/h6-8,11,13-14,16,19,22,25H,3-5,9-10,12,15,17H2,1-2H3. The van der Waals surface area contributed by atoms with E-state index in [1.165, 1.54) is 68.3 Å². The molecule has 4 nitrogen and oxygen atoms in total. The van der Waals surface area contributed by atoms with Gasteiger partial charge in [-0.1, -0.05) is 68.7 Å². The quantitative estimate of drug-likeness (QED) is 0.538. The third kappa shape index (κ3) is 3.04. The molecule has 0 spiro atoms. The summed E-state index contributed by atoms with van der Waals surface area (Å²) >= 11 is 0. The predicted molar refractivity (Wildman–Crippen MR) is 119 cm³/mol. The van der Waals surface area contributed by atoms with Crippen molar-refractivity contribution < 1.29 is 0 Å². The van der Waals surface area contributed by atoms with Crippen LogP contribution in [-0.2, 0) is 6.42 Å². The highest BCUT2D eigenvalue weighted by Gasteiger charge is 2.43. The average Bonchev–Trinajstić information content (AvgIpc) is 3.18. The lowest BCUT2D eigenvalue weighted by Crippen LogP contribution is -2.51. The predicted octanol–water partition coefficient (Wildman–Crippen LogP) is 5.76. The zero-order chi connectivity index (χ0) is 19.8. The summed E-state index contributed by atoms with van der Waals surface area (Å²) in [5, 5.41) is 9.24. The molecule has 2 aliphatic rings. The molecule has 2 aromatic carbocycles. The molecular formula is C25H32N4. The molecule has 0 saturated heterocycles.